The maximum atomic E-state index is 11.5. The third kappa shape index (κ3) is 8.68. The van der Waals surface area contributed by atoms with Crippen molar-refractivity contribution in [3.8, 4) is 0 Å². The van der Waals surface area contributed by atoms with Crippen molar-refractivity contribution >= 4 is 11.9 Å². The van der Waals surface area contributed by atoms with Crippen LogP contribution in [0.1, 0.15) is 47.0 Å². The van der Waals surface area contributed by atoms with Gasteiger partial charge in [0.2, 0.25) is 5.91 Å². The molecule has 0 aliphatic rings. The Morgan fingerprint density at radius 2 is 1.88 bits per heavy atom. The summed E-state index contributed by atoms with van der Waals surface area (Å²) in [4.78, 5) is 22.4. The molecule has 3 N–H and O–H groups in total. The number of unbranched alkanes of at least 4 members (excludes halogenated alkanes) is 1. The molecule has 0 spiro atoms. The van der Waals surface area contributed by atoms with Crippen LogP contribution in [0, 0.1) is 0 Å². The molecule has 17 heavy (non-hydrogen) atoms. The molecule has 0 rings (SSSR count). The van der Waals surface area contributed by atoms with Crippen LogP contribution < -0.4 is 10.6 Å². The minimum absolute atomic E-state index is 0.138. The number of carboxylic acids is 1. The van der Waals surface area contributed by atoms with Crippen LogP contribution in [0.25, 0.3) is 0 Å². The molecule has 0 fully saturated rings. The molecule has 0 bridgehead atoms. The van der Waals surface area contributed by atoms with Gasteiger partial charge in [-0.3, -0.25) is 4.79 Å². The Kier molecular flexibility index (Phi) is 6.80. The van der Waals surface area contributed by atoms with Crippen molar-refractivity contribution in [2.24, 2.45) is 0 Å². The number of carbonyl (C=O) groups is 2. The monoisotopic (exact) mass is 244 g/mol. The third-order valence-corrected chi connectivity index (χ3v) is 2.26. The highest BCUT2D eigenvalue weighted by atomic mass is 16.4. The molecule has 0 aromatic heterocycles. The minimum atomic E-state index is -0.970. The SMILES string of the molecule is CCCCC(NC(=O)CNC(C)(C)C)C(=O)O. The predicted molar refractivity (Wildman–Crippen MR) is 66.8 cm³/mol. The second kappa shape index (κ2) is 7.27. The number of rotatable bonds is 7. The highest BCUT2D eigenvalue weighted by molar-refractivity contribution is 5.84. The number of carbonyl (C=O) groups excluding carboxylic acids is 1. The molecular weight excluding hydrogens is 220 g/mol. The molecule has 1 amide bonds. The molecule has 0 aliphatic heterocycles. The molecule has 0 saturated carbocycles. The number of aliphatic carboxylic acids is 1. The maximum Gasteiger partial charge on any atom is 0.326 e. The van der Waals surface area contributed by atoms with Crippen molar-refractivity contribution in [2.45, 2.75) is 58.5 Å². The summed E-state index contributed by atoms with van der Waals surface area (Å²) < 4.78 is 0. The van der Waals surface area contributed by atoms with Gasteiger partial charge in [-0.1, -0.05) is 19.8 Å². The lowest BCUT2D eigenvalue weighted by Crippen LogP contribution is -2.48. The highest BCUT2D eigenvalue weighted by Crippen LogP contribution is 2.01. The van der Waals surface area contributed by atoms with Crippen LogP contribution in [0.15, 0.2) is 0 Å². The zero-order chi connectivity index (χ0) is 13.5. The molecule has 0 aromatic carbocycles. The fraction of sp³-hybridized carbons (Fsp3) is 0.833. The van der Waals surface area contributed by atoms with E-state index in [1.165, 1.54) is 0 Å². The van der Waals surface area contributed by atoms with Crippen molar-refractivity contribution in [1.29, 1.82) is 0 Å². The zero-order valence-electron chi connectivity index (χ0n) is 11.2. The Morgan fingerprint density at radius 1 is 1.29 bits per heavy atom. The summed E-state index contributed by atoms with van der Waals surface area (Å²) in [5.41, 5.74) is -0.153. The Bertz CT molecular complexity index is 259. The van der Waals surface area contributed by atoms with E-state index < -0.39 is 12.0 Å². The van der Waals surface area contributed by atoms with E-state index in [0.29, 0.717) is 6.42 Å². The van der Waals surface area contributed by atoms with E-state index in [9.17, 15) is 9.59 Å². The van der Waals surface area contributed by atoms with Crippen molar-refractivity contribution in [2.75, 3.05) is 6.54 Å². The maximum absolute atomic E-state index is 11.5. The molecule has 0 radical (unpaired) electrons. The van der Waals surface area contributed by atoms with E-state index in [4.69, 9.17) is 5.11 Å². The second-order valence-corrected chi connectivity index (χ2v) is 5.20. The fourth-order valence-corrected chi connectivity index (χ4v) is 1.26. The summed E-state index contributed by atoms with van der Waals surface area (Å²) in [7, 11) is 0. The molecule has 0 saturated heterocycles. The molecule has 5 nitrogen and oxygen atoms in total. The largest absolute Gasteiger partial charge is 0.480 e. The summed E-state index contributed by atoms with van der Waals surface area (Å²) in [5.74, 6) is -1.24. The van der Waals surface area contributed by atoms with Crippen molar-refractivity contribution < 1.29 is 14.7 Å². The number of hydrogen-bond acceptors (Lipinski definition) is 3. The van der Waals surface area contributed by atoms with Crippen LogP contribution in [0.5, 0.6) is 0 Å². The molecule has 0 aliphatic carbocycles. The van der Waals surface area contributed by atoms with Gasteiger partial charge in [0, 0.05) is 5.54 Å². The molecule has 0 aromatic rings. The van der Waals surface area contributed by atoms with Gasteiger partial charge in [0.05, 0.1) is 6.54 Å². The molecule has 5 heteroatoms. The lowest BCUT2D eigenvalue weighted by molar-refractivity contribution is -0.141. The lowest BCUT2D eigenvalue weighted by atomic mass is 10.1. The Labute approximate surface area is 103 Å². The van der Waals surface area contributed by atoms with Crippen molar-refractivity contribution in [1.82, 2.24) is 10.6 Å². The Balaban J connectivity index is 4.08. The Morgan fingerprint density at radius 3 is 2.29 bits per heavy atom. The topological polar surface area (TPSA) is 78.4 Å². The first kappa shape index (κ1) is 15.9. The summed E-state index contributed by atoms with van der Waals surface area (Å²) in [6, 6.07) is -0.774. The first-order chi connectivity index (χ1) is 7.76. The molecule has 1 unspecified atom stereocenters. The van der Waals surface area contributed by atoms with Crippen LogP contribution in [-0.2, 0) is 9.59 Å². The third-order valence-electron chi connectivity index (χ3n) is 2.26. The highest BCUT2D eigenvalue weighted by Gasteiger charge is 2.19. The Hall–Kier alpha value is -1.10. The predicted octanol–water partition coefficient (Wildman–Crippen LogP) is 1.13. The van der Waals surface area contributed by atoms with Gasteiger partial charge in [0.15, 0.2) is 0 Å². The molecular formula is C12H24N2O3. The zero-order valence-corrected chi connectivity index (χ0v) is 11.2. The summed E-state index contributed by atoms with van der Waals surface area (Å²) >= 11 is 0. The lowest BCUT2D eigenvalue weighted by Gasteiger charge is -2.21. The van der Waals surface area contributed by atoms with Crippen LogP contribution in [0.4, 0.5) is 0 Å². The minimum Gasteiger partial charge on any atom is -0.480 e. The van der Waals surface area contributed by atoms with Gasteiger partial charge >= 0.3 is 5.97 Å². The average Bonchev–Trinajstić information content (AvgIpc) is 2.19. The van der Waals surface area contributed by atoms with Gasteiger partial charge in [-0.25, -0.2) is 4.79 Å². The van der Waals surface area contributed by atoms with Gasteiger partial charge in [-0.15, -0.1) is 0 Å². The molecule has 1 atom stereocenters. The van der Waals surface area contributed by atoms with E-state index in [0.717, 1.165) is 12.8 Å². The number of amides is 1. The normalized spacial score (nSPS) is 13.2. The van der Waals surface area contributed by atoms with Gasteiger partial charge in [0.25, 0.3) is 0 Å². The number of hydrogen-bond donors (Lipinski definition) is 3. The van der Waals surface area contributed by atoms with Gasteiger partial charge < -0.3 is 15.7 Å². The van der Waals surface area contributed by atoms with E-state index in [1.54, 1.807) is 0 Å². The standard InChI is InChI=1S/C12H24N2O3/c1-5-6-7-9(11(16)17)14-10(15)8-13-12(2,3)4/h9,13H,5-8H2,1-4H3,(H,14,15)(H,16,17). The molecule has 0 heterocycles. The van der Waals surface area contributed by atoms with Crippen molar-refractivity contribution in [3.05, 3.63) is 0 Å². The number of carboxylic acid groups (broad SMARTS) is 1. The summed E-state index contributed by atoms with van der Waals surface area (Å²) in [5, 5.41) is 14.5. The van der Waals surface area contributed by atoms with Crippen molar-refractivity contribution in [3.63, 3.8) is 0 Å². The quantitative estimate of drug-likeness (QED) is 0.627. The summed E-state index contributed by atoms with van der Waals surface area (Å²) in [6.07, 6.45) is 2.19. The number of nitrogens with one attached hydrogen (secondary N) is 2. The fourth-order valence-electron chi connectivity index (χ4n) is 1.26. The van der Waals surface area contributed by atoms with Crippen LogP contribution in [0.3, 0.4) is 0 Å². The van der Waals surface area contributed by atoms with E-state index in [-0.39, 0.29) is 18.0 Å². The van der Waals surface area contributed by atoms with E-state index in [1.807, 2.05) is 27.7 Å². The van der Waals surface area contributed by atoms with Gasteiger partial charge in [0.1, 0.15) is 6.04 Å². The van der Waals surface area contributed by atoms with E-state index >= 15 is 0 Å². The van der Waals surface area contributed by atoms with Crippen LogP contribution in [0.2, 0.25) is 0 Å². The first-order valence-corrected chi connectivity index (χ1v) is 6.03. The van der Waals surface area contributed by atoms with Crippen LogP contribution in [-0.4, -0.2) is 35.1 Å². The average molecular weight is 244 g/mol. The second-order valence-electron chi connectivity index (χ2n) is 5.20. The van der Waals surface area contributed by atoms with Gasteiger partial charge in [-0.2, -0.15) is 0 Å². The van der Waals surface area contributed by atoms with Gasteiger partial charge in [-0.05, 0) is 27.2 Å². The molecule has 100 valence electrons. The van der Waals surface area contributed by atoms with Crippen LogP contribution >= 0.6 is 0 Å². The smallest absolute Gasteiger partial charge is 0.326 e. The summed E-state index contributed by atoms with van der Waals surface area (Å²) in [6.45, 7) is 7.98. The first-order valence-electron chi connectivity index (χ1n) is 6.03. The van der Waals surface area contributed by atoms with E-state index in [2.05, 4.69) is 10.6 Å².